The second-order valence-electron chi connectivity index (χ2n) is 3.11. The number of hydrogen-bond acceptors (Lipinski definition) is 2. The van der Waals surface area contributed by atoms with Crippen molar-refractivity contribution in [3.63, 3.8) is 0 Å². The molecule has 1 rings (SSSR count). The van der Waals surface area contributed by atoms with Crippen molar-refractivity contribution in [3.8, 4) is 5.75 Å². The maximum Gasteiger partial charge on any atom is 0.120 e. The van der Waals surface area contributed by atoms with E-state index >= 15 is 0 Å². The molecule has 0 unspecified atom stereocenters. The number of benzene rings is 1. The van der Waals surface area contributed by atoms with Crippen molar-refractivity contribution in [1.82, 2.24) is 4.90 Å². The molecule has 0 aliphatic heterocycles. The van der Waals surface area contributed by atoms with E-state index in [-0.39, 0.29) is 0 Å². The Hall–Kier alpha value is -0.290. The van der Waals surface area contributed by atoms with Gasteiger partial charge >= 0.3 is 0 Å². The third kappa shape index (κ3) is 4.47. The molecule has 2 nitrogen and oxygen atoms in total. The molecule has 0 atom stereocenters. The van der Waals surface area contributed by atoms with Crippen LogP contribution in [0, 0.1) is 3.57 Å². The zero-order valence-corrected chi connectivity index (χ0v) is 10.1. The standard InChI is InChI=1S/C10H14INO/c1-12(2)6-7-13-10-5-3-4-9(11)8-10/h3-5,8H,6-7H2,1-2H3. The van der Waals surface area contributed by atoms with E-state index < -0.39 is 0 Å². The Morgan fingerprint density at radius 2 is 2.15 bits per heavy atom. The van der Waals surface area contributed by atoms with Gasteiger partial charge in [0.1, 0.15) is 12.4 Å². The van der Waals surface area contributed by atoms with Gasteiger partial charge in [0.25, 0.3) is 0 Å². The van der Waals surface area contributed by atoms with Gasteiger partial charge in [-0.15, -0.1) is 0 Å². The van der Waals surface area contributed by atoms with Crippen LogP contribution >= 0.6 is 22.6 Å². The van der Waals surface area contributed by atoms with E-state index in [1.54, 1.807) is 0 Å². The van der Waals surface area contributed by atoms with Crippen molar-refractivity contribution in [2.24, 2.45) is 0 Å². The summed E-state index contributed by atoms with van der Waals surface area (Å²) >= 11 is 2.28. The molecule has 3 heteroatoms. The van der Waals surface area contributed by atoms with E-state index in [0.717, 1.165) is 18.9 Å². The lowest BCUT2D eigenvalue weighted by atomic mass is 10.3. The number of ether oxygens (including phenoxy) is 1. The van der Waals surface area contributed by atoms with Gasteiger partial charge in [0.05, 0.1) is 0 Å². The largest absolute Gasteiger partial charge is 0.492 e. The van der Waals surface area contributed by atoms with Gasteiger partial charge in [0.15, 0.2) is 0 Å². The number of likely N-dealkylation sites (N-methyl/N-ethyl adjacent to an activating group) is 1. The summed E-state index contributed by atoms with van der Waals surface area (Å²) in [4.78, 5) is 2.11. The second-order valence-corrected chi connectivity index (χ2v) is 4.35. The monoisotopic (exact) mass is 291 g/mol. The molecule has 0 amide bonds. The summed E-state index contributed by atoms with van der Waals surface area (Å²) in [7, 11) is 4.08. The van der Waals surface area contributed by atoms with Crippen LogP contribution in [0.1, 0.15) is 0 Å². The van der Waals surface area contributed by atoms with Crippen molar-refractivity contribution in [2.75, 3.05) is 27.2 Å². The average Bonchev–Trinajstić information content (AvgIpc) is 2.03. The summed E-state index contributed by atoms with van der Waals surface area (Å²) in [5, 5.41) is 0. The van der Waals surface area contributed by atoms with Crippen LogP contribution in [0.4, 0.5) is 0 Å². The van der Waals surface area contributed by atoms with Gasteiger partial charge in [-0.05, 0) is 54.9 Å². The Balaban J connectivity index is 2.37. The van der Waals surface area contributed by atoms with Crippen LogP contribution in [-0.4, -0.2) is 32.1 Å². The van der Waals surface area contributed by atoms with Gasteiger partial charge in [0.2, 0.25) is 0 Å². The highest BCUT2D eigenvalue weighted by molar-refractivity contribution is 14.1. The third-order valence-corrected chi connectivity index (χ3v) is 2.27. The predicted molar refractivity (Wildman–Crippen MR) is 63.2 cm³/mol. The Kier molecular flexibility index (Phi) is 4.52. The van der Waals surface area contributed by atoms with Crippen LogP contribution in [0.5, 0.6) is 5.75 Å². The molecule has 0 aliphatic carbocycles. The first-order valence-corrected chi connectivity index (χ1v) is 5.29. The zero-order valence-electron chi connectivity index (χ0n) is 7.96. The van der Waals surface area contributed by atoms with Crippen LogP contribution in [0.15, 0.2) is 24.3 Å². The molecule has 0 N–H and O–H groups in total. The molecular weight excluding hydrogens is 277 g/mol. The minimum atomic E-state index is 0.743. The van der Waals surface area contributed by atoms with Gasteiger partial charge in [-0.1, -0.05) is 6.07 Å². The molecule has 0 saturated heterocycles. The second kappa shape index (κ2) is 5.44. The van der Waals surface area contributed by atoms with Crippen molar-refractivity contribution >= 4 is 22.6 Å². The van der Waals surface area contributed by atoms with E-state index in [1.807, 2.05) is 32.3 Å². The molecule has 1 aromatic rings. The summed E-state index contributed by atoms with van der Waals surface area (Å²) in [5.41, 5.74) is 0. The lowest BCUT2D eigenvalue weighted by Crippen LogP contribution is -2.19. The summed E-state index contributed by atoms with van der Waals surface area (Å²) in [6, 6.07) is 8.08. The molecule has 0 fully saturated rings. The van der Waals surface area contributed by atoms with Crippen LogP contribution in [0.2, 0.25) is 0 Å². The Morgan fingerprint density at radius 3 is 2.77 bits per heavy atom. The molecule has 0 aliphatic rings. The minimum Gasteiger partial charge on any atom is -0.492 e. The molecule has 0 radical (unpaired) electrons. The van der Waals surface area contributed by atoms with Gasteiger partial charge in [-0.2, -0.15) is 0 Å². The normalized spacial score (nSPS) is 10.5. The first-order valence-electron chi connectivity index (χ1n) is 4.21. The maximum atomic E-state index is 5.55. The Labute approximate surface area is 93.0 Å². The van der Waals surface area contributed by atoms with Crippen LogP contribution in [-0.2, 0) is 0 Å². The minimum absolute atomic E-state index is 0.743. The molecule has 0 spiro atoms. The lowest BCUT2D eigenvalue weighted by Gasteiger charge is -2.10. The third-order valence-electron chi connectivity index (χ3n) is 1.60. The topological polar surface area (TPSA) is 12.5 Å². The summed E-state index contributed by atoms with van der Waals surface area (Å²) in [6.07, 6.45) is 0. The zero-order chi connectivity index (χ0) is 9.68. The fourth-order valence-electron chi connectivity index (χ4n) is 0.903. The SMILES string of the molecule is CN(C)CCOc1cccc(I)c1. The fraction of sp³-hybridized carbons (Fsp3) is 0.400. The van der Waals surface area contributed by atoms with Gasteiger partial charge in [-0.3, -0.25) is 0 Å². The molecule has 0 saturated carbocycles. The molecule has 1 aromatic carbocycles. The summed E-state index contributed by atoms with van der Waals surface area (Å²) < 4.78 is 6.76. The smallest absolute Gasteiger partial charge is 0.120 e. The first kappa shape index (κ1) is 10.8. The van der Waals surface area contributed by atoms with Crippen LogP contribution in [0.25, 0.3) is 0 Å². The molecular formula is C10H14INO. The van der Waals surface area contributed by atoms with E-state index in [0.29, 0.717) is 0 Å². The summed E-state index contributed by atoms with van der Waals surface area (Å²) in [5.74, 6) is 0.953. The average molecular weight is 291 g/mol. The fourth-order valence-corrected chi connectivity index (χ4v) is 1.42. The maximum absolute atomic E-state index is 5.55. The number of rotatable bonds is 4. The number of halogens is 1. The van der Waals surface area contributed by atoms with Crippen molar-refractivity contribution in [1.29, 1.82) is 0 Å². The quantitative estimate of drug-likeness (QED) is 0.789. The van der Waals surface area contributed by atoms with Crippen molar-refractivity contribution in [2.45, 2.75) is 0 Å². The lowest BCUT2D eigenvalue weighted by molar-refractivity contribution is 0.261. The van der Waals surface area contributed by atoms with E-state index in [9.17, 15) is 0 Å². The van der Waals surface area contributed by atoms with Crippen molar-refractivity contribution in [3.05, 3.63) is 27.8 Å². The van der Waals surface area contributed by atoms with Crippen molar-refractivity contribution < 1.29 is 4.74 Å². The Bertz CT molecular complexity index is 263. The molecule has 13 heavy (non-hydrogen) atoms. The predicted octanol–water partition coefficient (Wildman–Crippen LogP) is 2.23. The van der Waals surface area contributed by atoms with E-state index in [1.165, 1.54) is 3.57 Å². The highest BCUT2D eigenvalue weighted by Crippen LogP contribution is 2.14. The van der Waals surface area contributed by atoms with E-state index in [4.69, 9.17) is 4.74 Å². The molecule has 0 aromatic heterocycles. The van der Waals surface area contributed by atoms with Gasteiger partial charge < -0.3 is 9.64 Å². The first-order chi connectivity index (χ1) is 6.18. The molecule has 0 heterocycles. The molecule has 72 valence electrons. The Morgan fingerprint density at radius 1 is 1.38 bits per heavy atom. The number of hydrogen-bond donors (Lipinski definition) is 0. The number of nitrogens with zero attached hydrogens (tertiary/aromatic N) is 1. The van der Waals surface area contributed by atoms with Crippen LogP contribution in [0.3, 0.4) is 0 Å². The highest BCUT2D eigenvalue weighted by Gasteiger charge is 1.94. The summed E-state index contributed by atoms with van der Waals surface area (Å²) in [6.45, 7) is 1.69. The van der Waals surface area contributed by atoms with Crippen LogP contribution < -0.4 is 4.74 Å². The van der Waals surface area contributed by atoms with Gasteiger partial charge in [-0.25, -0.2) is 0 Å². The highest BCUT2D eigenvalue weighted by atomic mass is 127. The van der Waals surface area contributed by atoms with Gasteiger partial charge in [0, 0.05) is 10.1 Å². The van der Waals surface area contributed by atoms with E-state index in [2.05, 4.69) is 33.6 Å². The molecule has 0 bridgehead atoms.